The van der Waals surface area contributed by atoms with Crippen LogP contribution >= 0.6 is 0 Å². The second-order valence-corrected chi connectivity index (χ2v) is 8.95. The molecule has 0 spiro atoms. The minimum Gasteiger partial charge on any atom is -0.497 e. The molecule has 3 aromatic rings. The standard InChI is InChI=1S/C30H33NO9/c1-34-19-9-7-18(25(14-19)36-3)16-40-30(33)31-22-11-8-17-13-26(37-4)28(38-5)29(39-6)27(17)20-10-12-24(35-2)23(32)15-21(20)22/h7,9-10,12-15,22H,8,11,16H2,1-6H3,(H,31,33). The van der Waals surface area contributed by atoms with Crippen LogP contribution < -0.4 is 39.2 Å². The lowest BCUT2D eigenvalue weighted by atomic mass is 9.95. The van der Waals surface area contributed by atoms with Crippen molar-refractivity contribution >= 4 is 6.09 Å². The lowest BCUT2D eigenvalue weighted by Crippen LogP contribution is -2.29. The van der Waals surface area contributed by atoms with Crippen molar-refractivity contribution in [1.29, 1.82) is 0 Å². The van der Waals surface area contributed by atoms with Gasteiger partial charge in [0.15, 0.2) is 17.2 Å². The molecule has 0 aromatic heterocycles. The van der Waals surface area contributed by atoms with Gasteiger partial charge in [0.25, 0.3) is 0 Å². The summed E-state index contributed by atoms with van der Waals surface area (Å²) in [6, 6.07) is 11.5. The van der Waals surface area contributed by atoms with Gasteiger partial charge in [0.1, 0.15) is 18.1 Å². The smallest absolute Gasteiger partial charge is 0.407 e. The van der Waals surface area contributed by atoms with Crippen LogP contribution in [-0.4, -0.2) is 48.8 Å². The number of nitrogens with one attached hydrogen (secondary N) is 1. The second kappa shape index (κ2) is 12.5. The Kier molecular flexibility index (Phi) is 8.88. The van der Waals surface area contributed by atoms with Gasteiger partial charge in [-0.2, -0.15) is 0 Å². The zero-order chi connectivity index (χ0) is 28.8. The first-order valence-corrected chi connectivity index (χ1v) is 12.6. The summed E-state index contributed by atoms with van der Waals surface area (Å²) in [4.78, 5) is 26.1. The average Bonchev–Trinajstić information content (AvgIpc) is 3.22. The first-order chi connectivity index (χ1) is 19.4. The van der Waals surface area contributed by atoms with Gasteiger partial charge in [-0.3, -0.25) is 4.79 Å². The molecule has 1 aliphatic rings. The third kappa shape index (κ3) is 5.56. The Bertz CT molecular complexity index is 1450. The average molecular weight is 552 g/mol. The largest absolute Gasteiger partial charge is 0.497 e. The summed E-state index contributed by atoms with van der Waals surface area (Å²) in [6.07, 6.45) is 0.381. The van der Waals surface area contributed by atoms with Crippen LogP contribution in [0.4, 0.5) is 4.79 Å². The summed E-state index contributed by atoms with van der Waals surface area (Å²) in [7, 11) is 9.17. The van der Waals surface area contributed by atoms with E-state index in [1.807, 2.05) is 6.07 Å². The normalized spacial score (nSPS) is 13.6. The maximum absolute atomic E-state index is 13.0. The highest BCUT2D eigenvalue weighted by Gasteiger charge is 2.30. The minimum atomic E-state index is -0.646. The molecule has 0 bridgehead atoms. The van der Waals surface area contributed by atoms with Crippen LogP contribution in [0.1, 0.15) is 29.2 Å². The zero-order valence-electron chi connectivity index (χ0n) is 23.4. The van der Waals surface area contributed by atoms with Crippen molar-refractivity contribution in [1.82, 2.24) is 5.32 Å². The van der Waals surface area contributed by atoms with Crippen molar-refractivity contribution in [3.63, 3.8) is 0 Å². The number of hydrogen-bond acceptors (Lipinski definition) is 9. The zero-order valence-corrected chi connectivity index (χ0v) is 23.4. The van der Waals surface area contributed by atoms with E-state index in [1.165, 1.54) is 27.4 Å². The highest BCUT2D eigenvalue weighted by molar-refractivity contribution is 5.83. The first-order valence-electron chi connectivity index (χ1n) is 12.6. The summed E-state index contributed by atoms with van der Waals surface area (Å²) in [5, 5.41) is 2.94. The molecule has 40 heavy (non-hydrogen) atoms. The van der Waals surface area contributed by atoms with Gasteiger partial charge in [0.2, 0.25) is 11.2 Å². The molecule has 4 rings (SSSR count). The van der Waals surface area contributed by atoms with Crippen LogP contribution in [0.2, 0.25) is 0 Å². The topological polar surface area (TPSA) is 111 Å². The minimum absolute atomic E-state index is 0.0236. The molecule has 10 nitrogen and oxygen atoms in total. The maximum Gasteiger partial charge on any atom is 0.407 e. The number of carbonyl (C=O) groups excluding carboxylic acids is 1. The molecular formula is C30H33NO9. The van der Waals surface area contributed by atoms with Crippen molar-refractivity contribution in [2.45, 2.75) is 25.5 Å². The Morgan fingerprint density at radius 3 is 2.17 bits per heavy atom. The molecule has 0 heterocycles. The monoisotopic (exact) mass is 551 g/mol. The molecule has 0 radical (unpaired) electrons. The predicted octanol–water partition coefficient (Wildman–Crippen LogP) is 4.68. The van der Waals surface area contributed by atoms with Crippen LogP contribution in [-0.2, 0) is 17.8 Å². The Hall–Kier alpha value is -4.60. The maximum atomic E-state index is 13.0. The van der Waals surface area contributed by atoms with Gasteiger partial charge >= 0.3 is 6.09 Å². The number of alkyl carbamates (subject to hydrolysis) is 1. The molecule has 0 aliphatic heterocycles. The number of carbonyl (C=O) groups is 1. The summed E-state index contributed by atoms with van der Waals surface area (Å²) in [5.74, 6) is 2.73. The highest BCUT2D eigenvalue weighted by Crippen LogP contribution is 2.50. The van der Waals surface area contributed by atoms with E-state index < -0.39 is 12.1 Å². The molecule has 10 heteroatoms. The Morgan fingerprint density at radius 1 is 0.800 bits per heavy atom. The van der Waals surface area contributed by atoms with Crippen molar-refractivity contribution in [2.24, 2.45) is 0 Å². The number of aryl methyl sites for hydroxylation is 1. The third-order valence-corrected chi connectivity index (χ3v) is 6.87. The molecule has 1 N–H and O–H groups in total. The highest BCUT2D eigenvalue weighted by atomic mass is 16.6. The fraction of sp³-hybridized carbons (Fsp3) is 0.333. The van der Waals surface area contributed by atoms with Gasteiger partial charge in [0, 0.05) is 17.2 Å². The van der Waals surface area contributed by atoms with E-state index in [1.54, 1.807) is 51.7 Å². The number of fused-ring (bicyclic) bond motifs is 3. The van der Waals surface area contributed by atoms with Gasteiger partial charge in [-0.25, -0.2) is 4.79 Å². The molecule has 1 unspecified atom stereocenters. The van der Waals surface area contributed by atoms with E-state index in [0.29, 0.717) is 58.3 Å². The molecule has 3 aromatic carbocycles. The van der Waals surface area contributed by atoms with Crippen LogP contribution in [0.3, 0.4) is 0 Å². The van der Waals surface area contributed by atoms with Crippen molar-refractivity contribution < 1.29 is 38.0 Å². The first kappa shape index (κ1) is 28.4. The Labute approximate surface area is 232 Å². The van der Waals surface area contributed by atoms with E-state index >= 15 is 0 Å². The summed E-state index contributed by atoms with van der Waals surface area (Å²) in [5.41, 5.74) is 3.29. The lowest BCUT2D eigenvalue weighted by molar-refractivity contribution is 0.134. The fourth-order valence-corrected chi connectivity index (χ4v) is 4.92. The summed E-state index contributed by atoms with van der Waals surface area (Å²) < 4.78 is 38.5. The molecule has 0 saturated heterocycles. The molecule has 0 fully saturated rings. The van der Waals surface area contributed by atoms with Gasteiger partial charge in [-0.1, -0.05) is 6.07 Å². The molecule has 1 aliphatic carbocycles. The molecular weight excluding hydrogens is 518 g/mol. The number of benzene rings is 2. The SMILES string of the molecule is COc1ccc(COC(=O)NC2CCc3cc(OC)c(OC)c(OC)c3-c3ccc(OC)c(=O)cc32)c(OC)c1. The number of amides is 1. The molecule has 1 atom stereocenters. The Balaban J connectivity index is 1.73. The number of rotatable bonds is 9. The molecule has 212 valence electrons. The molecule has 1 amide bonds. The van der Waals surface area contributed by atoms with Crippen LogP contribution in [0.15, 0.2) is 47.3 Å². The van der Waals surface area contributed by atoms with Gasteiger partial charge in [0.05, 0.1) is 48.7 Å². The van der Waals surface area contributed by atoms with Crippen LogP contribution in [0, 0.1) is 0 Å². The fourth-order valence-electron chi connectivity index (χ4n) is 4.92. The van der Waals surface area contributed by atoms with Gasteiger partial charge in [-0.05, 0) is 59.9 Å². The van der Waals surface area contributed by atoms with Crippen molar-refractivity contribution in [3.05, 3.63) is 69.4 Å². The van der Waals surface area contributed by atoms with E-state index in [9.17, 15) is 9.59 Å². The van der Waals surface area contributed by atoms with E-state index in [-0.39, 0.29) is 17.8 Å². The quantitative estimate of drug-likeness (QED) is 0.405. The number of methoxy groups -OCH3 is 6. The van der Waals surface area contributed by atoms with Gasteiger partial charge in [-0.15, -0.1) is 0 Å². The van der Waals surface area contributed by atoms with Gasteiger partial charge < -0.3 is 38.5 Å². The predicted molar refractivity (Wildman–Crippen MR) is 148 cm³/mol. The third-order valence-electron chi connectivity index (χ3n) is 6.87. The van der Waals surface area contributed by atoms with E-state index in [2.05, 4.69) is 5.32 Å². The Morgan fingerprint density at radius 2 is 1.52 bits per heavy atom. The summed E-state index contributed by atoms with van der Waals surface area (Å²) in [6.45, 7) is -0.0236. The second-order valence-electron chi connectivity index (χ2n) is 8.95. The van der Waals surface area contributed by atoms with Crippen molar-refractivity contribution in [2.75, 3.05) is 42.7 Å². The van der Waals surface area contributed by atoms with E-state index in [4.69, 9.17) is 33.2 Å². The van der Waals surface area contributed by atoms with Crippen LogP contribution in [0.25, 0.3) is 11.1 Å². The van der Waals surface area contributed by atoms with Crippen molar-refractivity contribution in [3.8, 4) is 45.6 Å². The summed E-state index contributed by atoms with van der Waals surface area (Å²) >= 11 is 0. The molecule has 0 saturated carbocycles. The van der Waals surface area contributed by atoms with E-state index in [0.717, 1.165) is 11.1 Å². The number of hydrogen-bond donors (Lipinski definition) is 1. The number of ether oxygens (including phenoxy) is 7. The van der Waals surface area contributed by atoms with Crippen LogP contribution in [0.5, 0.6) is 34.5 Å². The lowest BCUT2D eigenvalue weighted by Gasteiger charge is -2.20.